The molecule has 4 heteroatoms. The van der Waals surface area contributed by atoms with Crippen molar-refractivity contribution in [1.29, 1.82) is 5.26 Å². The molecule has 1 N–H and O–H groups in total. The van der Waals surface area contributed by atoms with Gasteiger partial charge >= 0.3 is 0 Å². The van der Waals surface area contributed by atoms with E-state index < -0.39 is 5.91 Å². The molecule has 2 rings (SSSR count). The van der Waals surface area contributed by atoms with Crippen LogP contribution in [-0.4, -0.2) is 12.5 Å². The first-order chi connectivity index (χ1) is 7.79. The van der Waals surface area contributed by atoms with Gasteiger partial charge in [0.05, 0.1) is 6.61 Å². The number of carbonyl (C=O) groups excluding carboxylic acids is 1. The highest BCUT2D eigenvalue weighted by Crippen LogP contribution is 2.26. The number of nitrogens with zero attached hydrogens (tertiary/aromatic N) is 1. The van der Waals surface area contributed by atoms with E-state index in [0.717, 1.165) is 29.9 Å². The second-order valence-corrected chi connectivity index (χ2v) is 3.40. The molecule has 0 spiro atoms. The zero-order chi connectivity index (χ0) is 11.4. The summed E-state index contributed by atoms with van der Waals surface area (Å²) >= 11 is 0. The van der Waals surface area contributed by atoms with Gasteiger partial charge in [0.1, 0.15) is 5.75 Å². The standard InChI is InChI=1S/C12H10N2O2/c13-8-14-12(15)4-2-9-1-3-11-10(7-9)5-6-16-11/h1-4,7H,5-6H2,(H,14,15)/b4-2-. The molecule has 80 valence electrons. The van der Waals surface area contributed by atoms with Crippen molar-refractivity contribution < 1.29 is 9.53 Å². The van der Waals surface area contributed by atoms with Crippen molar-refractivity contribution in [3.05, 3.63) is 35.4 Å². The van der Waals surface area contributed by atoms with Gasteiger partial charge < -0.3 is 4.74 Å². The summed E-state index contributed by atoms with van der Waals surface area (Å²) in [5, 5.41) is 10.3. The number of benzene rings is 1. The van der Waals surface area contributed by atoms with Crippen molar-refractivity contribution in [3.8, 4) is 11.9 Å². The van der Waals surface area contributed by atoms with Gasteiger partial charge in [0.2, 0.25) is 0 Å². The lowest BCUT2D eigenvalue weighted by Crippen LogP contribution is -2.13. The Morgan fingerprint density at radius 1 is 1.56 bits per heavy atom. The van der Waals surface area contributed by atoms with Crippen molar-refractivity contribution in [3.63, 3.8) is 0 Å². The Morgan fingerprint density at radius 2 is 2.44 bits per heavy atom. The van der Waals surface area contributed by atoms with Crippen LogP contribution in [-0.2, 0) is 11.2 Å². The normalized spacial score (nSPS) is 12.9. The molecule has 0 saturated heterocycles. The molecule has 0 aliphatic carbocycles. The van der Waals surface area contributed by atoms with Gasteiger partial charge in [-0.1, -0.05) is 6.07 Å². The van der Waals surface area contributed by atoms with E-state index in [4.69, 9.17) is 10.00 Å². The van der Waals surface area contributed by atoms with Crippen molar-refractivity contribution in [1.82, 2.24) is 5.32 Å². The van der Waals surface area contributed by atoms with E-state index in [-0.39, 0.29) is 0 Å². The third-order valence-electron chi connectivity index (χ3n) is 2.32. The number of nitriles is 1. The molecule has 0 aromatic heterocycles. The van der Waals surface area contributed by atoms with Crippen LogP contribution in [0, 0.1) is 11.5 Å². The third-order valence-corrected chi connectivity index (χ3v) is 2.32. The summed E-state index contributed by atoms with van der Waals surface area (Å²) in [5.74, 6) is 0.498. The molecule has 1 aliphatic heterocycles. The molecule has 0 saturated carbocycles. The molecule has 1 aromatic rings. The summed E-state index contributed by atoms with van der Waals surface area (Å²) in [6, 6.07) is 5.75. The van der Waals surface area contributed by atoms with E-state index in [0.29, 0.717) is 0 Å². The van der Waals surface area contributed by atoms with Gasteiger partial charge in [0.15, 0.2) is 6.19 Å². The zero-order valence-corrected chi connectivity index (χ0v) is 8.56. The molecule has 0 unspecified atom stereocenters. The van der Waals surface area contributed by atoms with E-state index in [2.05, 4.69) is 0 Å². The maximum Gasteiger partial charge on any atom is 0.256 e. The minimum Gasteiger partial charge on any atom is -0.493 e. The second-order valence-electron chi connectivity index (χ2n) is 3.40. The topological polar surface area (TPSA) is 62.1 Å². The van der Waals surface area contributed by atoms with Crippen LogP contribution in [0.15, 0.2) is 24.3 Å². The number of ether oxygens (including phenoxy) is 1. The lowest BCUT2D eigenvalue weighted by atomic mass is 10.1. The summed E-state index contributed by atoms with van der Waals surface area (Å²) in [4.78, 5) is 11.0. The van der Waals surface area contributed by atoms with E-state index in [1.807, 2.05) is 23.5 Å². The second kappa shape index (κ2) is 4.49. The summed E-state index contributed by atoms with van der Waals surface area (Å²) in [7, 11) is 0. The van der Waals surface area contributed by atoms with Crippen molar-refractivity contribution >= 4 is 12.0 Å². The third kappa shape index (κ3) is 2.20. The molecule has 1 heterocycles. The maximum atomic E-state index is 11.0. The largest absolute Gasteiger partial charge is 0.493 e. The van der Waals surface area contributed by atoms with Crippen molar-refractivity contribution in [2.24, 2.45) is 0 Å². The summed E-state index contributed by atoms with van der Waals surface area (Å²) in [6.07, 6.45) is 5.48. The van der Waals surface area contributed by atoms with Crippen LogP contribution in [0.3, 0.4) is 0 Å². The first-order valence-corrected chi connectivity index (χ1v) is 4.92. The summed E-state index contributed by atoms with van der Waals surface area (Å²) in [5.41, 5.74) is 2.08. The fourth-order valence-corrected chi connectivity index (χ4v) is 1.58. The molecular formula is C12H10N2O2. The van der Waals surface area contributed by atoms with E-state index >= 15 is 0 Å². The minimum atomic E-state index is -0.417. The zero-order valence-electron chi connectivity index (χ0n) is 8.56. The summed E-state index contributed by atoms with van der Waals surface area (Å²) in [6.45, 7) is 0.720. The first kappa shape index (κ1) is 10.2. The van der Waals surface area contributed by atoms with Crippen molar-refractivity contribution in [2.75, 3.05) is 6.61 Å². The quantitative estimate of drug-likeness (QED) is 0.457. The molecule has 1 aliphatic rings. The monoisotopic (exact) mass is 214 g/mol. The maximum absolute atomic E-state index is 11.0. The van der Waals surface area contributed by atoms with Gasteiger partial charge in [-0.3, -0.25) is 10.1 Å². The van der Waals surface area contributed by atoms with Crippen LogP contribution in [0.5, 0.6) is 5.75 Å². The van der Waals surface area contributed by atoms with Crippen molar-refractivity contribution in [2.45, 2.75) is 6.42 Å². The lowest BCUT2D eigenvalue weighted by molar-refractivity contribution is -0.115. The number of nitrogens with one attached hydrogen (secondary N) is 1. The Kier molecular flexibility index (Phi) is 2.88. The van der Waals surface area contributed by atoms with Gasteiger partial charge in [-0.25, -0.2) is 0 Å². The number of hydrogen-bond acceptors (Lipinski definition) is 3. The fourth-order valence-electron chi connectivity index (χ4n) is 1.58. The van der Waals surface area contributed by atoms with E-state index in [1.54, 1.807) is 12.3 Å². The van der Waals surface area contributed by atoms with Gasteiger partial charge in [-0.05, 0) is 29.3 Å². The molecule has 1 amide bonds. The molecule has 1 aromatic carbocycles. The number of carbonyl (C=O) groups is 1. The van der Waals surface area contributed by atoms with Crippen LogP contribution < -0.4 is 10.1 Å². The SMILES string of the molecule is N#CNC(=O)/C=C\c1ccc2c(c1)CCO2. The van der Waals surface area contributed by atoms with Gasteiger partial charge in [-0.2, -0.15) is 5.26 Å². The Morgan fingerprint density at radius 3 is 3.25 bits per heavy atom. The number of amides is 1. The van der Waals surface area contributed by atoms with Crippen LogP contribution in [0.25, 0.3) is 6.08 Å². The van der Waals surface area contributed by atoms with Crippen LogP contribution in [0.1, 0.15) is 11.1 Å². The van der Waals surface area contributed by atoms with Crippen LogP contribution >= 0.6 is 0 Å². The minimum absolute atomic E-state index is 0.417. The molecule has 0 fully saturated rings. The molecule has 4 nitrogen and oxygen atoms in total. The molecule has 16 heavy (non-hydrogen) atoms. The number of fused-ring (bicyclic) bond motifs is 1. The molecular weight excluding hydrogens is 204 g/mol. The van der Waals surface area contributed by atoms with E-state index in [9.17, 15) is 4.79 Å². The molecule has 0 bridgehead atoms. The van der Waals surface area contributed by atoms with Gasteiger partial charge in [-0.15, -0.1) is 0 Å². The highest BCUT2D eigenvalue weighted by atomic mass is 16.5. The predicted octanol–water partition coefficient (Wildman–Crippen LogP) is 1.23. The Bertz CT molecular complexity index is 486. The highest BCUT2D eigenvalue weighted by molar-refractivity contribution is 5.92. The average molecular weight is 214 g/mol. The van der Waals surface area contributed by atoms with Gasteiger partial charge in [0.25, 0.3) is 5.91 Å². The molecule has 0 atom stereocenters. The first-order valence-electron chi connectivity index (χ1n) is 4.92. The Balaban J connectivity index is 2.11. The fraction of sp³-hybridized carbons (Fsp3) is 0.167. The highest BCUT2D eigenvalue weighted by Gasteiger charge is 2.10. The Hall–Kier alpha value is -2.28. The Labute approximate surface area is 93.1 Å². The smallest absolute Gasteiger partial charge is 0.256 e. The predicted molar refractivity (Wildman–Crippen MR) is 58.4 cm³/mol. The van der Waals surface area contributed by atoms with Gasteiger partial charge in [0, 0.05) is 12.5 Å². The van der Waals surface area contributed by atoms with E-state index in [1.165, 1.54) is 6.08 Å². The summed E-state index contributed by atoms with van der Waals surface area (Å²) < 4.78 is 5.37. The average Bonchev–Trinajstić information content (AvgIpc) is 2.74. The number of rotatable bonds is 2. The molecule has 0 radical (unpaired) electrons. The lowest BCUT2D eigenvalue weighted by Gasteiger charge is -1.99. The van der Waals surface area contributed by atoms with Crippen LogP contribution in [0.4, 0.5) is 0 Å². The number of hydrogen-bond donors (Lipinski definition) is 1. The van der Waals surface area contributed by atoms with Crippen LogP contribution in [0.2, 0.25) is 0 Å².